The molecule has 55 heavy (non-hydrogen) atoms. The normalized spacial score (nSPS) is 14.7. The Kier molecular flexibility index (Phi) is 9.64. The summed E-state index contributed by atoms with van der Waals surface area (Å²) in [7, 11) is 0. The van der Waals surface area contributed by atoms with E-state index in [1.165, 1.54) is 0 Å². The highest BCUT2D eigenvalue weighted by Crippen LogP contribution is 2.47. The van der Waals surface area contributed by atoms with Crippen LogP contribution in [0, 0.1) is 0 Å². The zero-order valence-corrected chi connectivity index (χ0v) is 30.0. The lowest BCUT2D eigenvalue weighted by Gasteiger charge is -2.26. The summed E-state index contributed by atoms with van der Waals surface area (Å²) in [4.78, 5) is 13.7. The van der Waals surface area contributed by atoms with Crippen LogP contribution in [0.5, 0.6) is 34.5 Å². The van der Waals surface area contributed by atoms with Gasteiger partial charge in [-0.15, -0.1) is 0 Å². The fourth-order valence-corrected chi connectivity index (χ4v) is 6.99. The van der Waals surface area contributed by atoms with Gasteiger partial charge in [-0.1, -0.05) is 91.0 Å². The molecular weight excluding hydrogens is 691 g/mol. The van der Waals surface area contributed by atoms with Crippen LogP contribution in [0.15, 0.2) is 161 Å². The van der Waals surface area contributed by atoms with Crippen LogP contribution in [0.3, 0.4) is 0 Å². The second-order valence-electron chi connectivity index (χ2n) is 12.9. The Morgan fingerprint density at radius 3 is 0.909 bits per heavy atom. The lowest BCUT2D eigenvalue weighted by molar-refractivity contribution is 0.346. The van der Waals surface area contributed by atoms with Crippen molar-refractivity contribution in [2.45, 2.75) is 5.92 Å². The summed E-state index contributed by atoms with van der Waals surface area (Å²) in [6.45, 7) is 3.46. The molecular formula is C46H37N3O6. The number of rotatable bonds is 12. The monoisotopic (exact) mass is 727 g/mol. The molecule has 6 aromatic carbocycles. The van der Waals surface area contributed by atoms with Crippen molar-refractivity contribution >= 4 is 17.7 Å². The Bertz CT molecular complexity index is 2170. The standard InChI is InChI=1S/C46H37N3O6/c1-7-19-37(53-40-22-10-4-16-34(40)44-47-25-28-50-44)31(13-1)43(32-14-2-8-20-38(32)54-41-23-11-5-17-35(41)45-48-26-29-51-45)33-15-3-9-21-39(33)55-42-24-12-6-18-36(42)46-49-27-30-52-46/h1-24,43H,25-30H2. The Balaban J connectivity index is 1.19. The zero-order valence-electron chi connectivity index (χ0n) is 30.0. The van der Waals surface area contributed by atoms with E-state index < -0.39 is 5.92 Å². The molecule has 9 nitrogen and oxygen atoms in total. The maximum atomic E-state index is 6.86. The summed E-state index contributed by atoms with van der Waals surface area (Å²) in [5, 5.41) is 0. The molecule has 0 saturated carbocycles. The van der Waals surface area contributed by atoms with Gasteiger partial charge < -0.3 is 28.4 Å². The van der Waals surface area contributed by atoms with E-state index in [2.05, 4.69) is 33.2 Å². The zero-order chi connectivity index (χ0) is 36.8. The van der Waals surface area contributed by atoms with E-state index in [-0.39, 0.29) is 0 Å². The molecule has 9 rings (SSSR count). The first-order valence-electron chi connectivity index (χ1n) is 18.4. The van der Waals surface area contributed by atoms with Gasteiger partial charge in [0.1, 0.15) is 54.3 Å². The largest absolute Gasteiger partial charge is 0.475 e. The second kappa shape index (κ2) is 15.6. The molecule has 0 spiro atoms. The molecule has 0 unspecified atom stereocenters. The van der Waals surface area contributed by atoms with Gasteiger partial charge >= 0.3 is 0 Å². The van der Waals surface area contributed by atoms with E-state index in [0.717, 1.165) is 33.4 Å². The van der Waals surface area contributed by atoms with Crippen molar-refractivity contribution in [3.63, 3.8) is 0 Å². The third-order valence-corrected chi connectivity index (χ3v) is 9.46. The van der Waals surface area contributed by atoms with Crippen LogP contribution in [0.1, 0.15) is 39.3 Å². The minimum absolute atomic E-state index is 0.435. The Labute approximate surface area is 319 Å². The summed E-state index contributed by atoms with van der Waals surface area (Å²) >= 11 is 0. The van der Waals surface area contributed by atoms with E-state index in [4.69, 9.17) is 28.4 Å². The topological polar surface area (TPSA) is 92.5 Å². The SMILES string of the molecule is c1ccc(C2=NCCO2)c(Oc2ccccc2C(c2ccccc2Oc2ccccc2C2=NCCO2)c2ccccc2Oc2ccccc2C2=NCCO2)c1. The maximum Gasteiger partial charge on any atom is 0.220 e. The molecule has 272 valence electrons. The van der Waals surface area contributed by atoms with Crippen molar-refractivity contribution in [1.29, 1.82) is 0 Å². The highest BCUT2D eigenvalue weighted by Gasteiger charge is 2.29. The average molecular weight is 728 g/mol. The maximum absolute atomic E-state index is 6.86. The molecule has 0 aliphatic carbocycles. The first kappa shape index (κ1) is 33.9. The molecule has 3 aliphatic rings. The Morgan fingerprint density at radius 2 is 0.618 bits per heavy atom. The van der Waals surface area contributed by atoms with Gasteiger partial charge in [0.2, 0.25) is 17.7 Å². The first-order valence-corrected chi connectivity index (χ1v) is 18.4. The fraction of sp³-hybridized carbons (Fsp3) is 0.152. The fourth-order valence-electron chi connectivity index (χ4n) is 6.99. The highest BCUT2D eigenvalue weighted by atomic mass is 16.5. The molecule has 0 aromatic heterocycles. The lowest BCUT2D eigenvalue weighted by atomic mass is 9.83. The third-order valence-electron chi connectivity index (χ3n) is 9.46. The van der Waals surface area contributed by atoms with E-state index in [9.17, 15) is 0 Å². The molecule has 0 fully saturated rings. The molecule has 0 bridgehead atoms. The van der Waals surface area contributed by atoms with Crippen LogP contribution >= 0.6 is 0 Å². The molecule has 0 saturated heterocycles. The molecule has 0 radical (unpaired) electrons. The lowest BCUT2D eigenvalue weighted by Crippen LogP contribution is -2.10. The third kappa shape index (κ3) is 7.12. The minimum Gasteiger partial charge on any atom is -0.475 e. The number of hydrogen-bond acceptors (Lipinski definition) is 9. The number of benzene rings is 6. The molecule has 0 N–H and O–H groups in total. The smallest absolute Gasteiger partial charge is 0.220 e. The van der Waals surface area contributed by atoms with Gasteiger partial charge in [0.25, 0.3) is 0 Å². The molecule has 3 heterocycles. The summed E-state index contributed by atoms with van der Waals surface area (Å²) < 4.78 is 38.2. The van der Waals surface area contributed by atoms with Crippen LogP contribution < -0.4 is 14.2 Å². The molecule has 0 amide bonds. The van der Waals surface area contributed by atoms with Crippen LogP contribution in [-0.4, -0.2) is 57.1 Å². The predicted octanol–water partition coefficient (Wildman–Crippen LogP) is 9.57. The van der Waals surface area contributed by atoms with E-state index in [0.29, 0.717) is 91.6 Å². The van der Waals surface area contributed by atoms with Crippen LogP contribution in [0.4, 0.5) is 0 Å². The van der Waals surface area contributed by atoms with Gasteiger partial charge in [0, 0.05) is 22.6 Å². The van der Waals surface area contributed by atoms with E-state index in [1.807, 2.05) is 127 Å². The van der Waals surface area contributed by atoms with Gasteiger partial charge in [-0.3, -0.25) is 0 Å². The highest BCUT2D eigenvalue weighted by molar-refractivity contribution is 5.99. The van der Waals surface area contributed by atoms with Gasteiger partial charge in [-0.25, -0.2) is 15.0 Å². The quantitative estimate of drug-likeness (QED) is 0.117. The average Bonchev–Trinajstić information content (AvgIpc) is 4.07. The van der Waals surface area contributed by atoms with Crippen LogP contribution in [-0.2, 0) is 14.2 Å². The molecule has 9 heteroatoms. The van der Waals surface area contributed by atoms with Gasteiger partial charge in [-0.2, -0.15) is 0 Å². The summed E-state index contributed by atoms with van der Waals surface area (Å²) in [6.07, 6.45) is 0. The van der Waals surface area contributed by atoms with Crippen molar-refractivity contribution in [1.82, 2.24) is 0 Å². The number of ether oxygens (including phenoxy) is 6. The number of aliphatic imine (C=N–C) groups is 3. The predicted molar refractivity (Wildman–Crippen MR) is 212 cm³/mol. The van der Waals surface area contributed by atoms with Crippen molar-refractivity contribution < 1.29 is 28.4 Å². The van der Waals surface area contributed by atoms with Gasteiger partial charge in [0.05, 0.1) is 36.3 Å². The van der Waals surface area contributed by atoms with Gasteiger partial charge in [0.15, 0.2) is 0 Å². The molecule has 0 atom stereocenters. The Morgan fingerprint density at radius 1 is 0.345 bits per heavy atom. The second-order valence-corrected chi connectivity index (χ2v) is 12.9. The van der Waals surface area contributed by atoms with Crippen LogP contribution in [0.2, 0.25) is 0 Å². The van der Waals surface area contributed by atoms with Crippen LogP contribution in [0.25, 0.3) is 0 Å². The molecule has 6 aromatic rings. The van der Waals surface area contributed by atoms with Crippen molar-refractivity contribution in [2.75, 3.05) is 39.5 Å². The van der Waals surface area contributed by atoms with Gasteiger partial charge in [-0.05, 0) is 54.6 Å². The first-order chi connectivity index (χ1) is 27.3. The number of nitrogens with zero attached hydrogens (tertiary/aromatic N) is 3. The van der Waals surface area contributed by atoms with Crippen molar-refractivity contribution in [3.8, 4) is 34.5 Å². The van der Waals surface area contributed by atoms with E-state index >= 15 is 0 Å². The number of para-hydroxylation sites is 6. The summed E-state index contributed by atoms with van der Waals surface area (Å²) in [5.41, 5.74) is 5.06. The number of hydrogen-bond donors (Lipinski definition) is 0. The summed E-state index contributed by atoms with van der Waals surface area (Å²) in [6, 6.07) is 47.7. The Hall–Kier alpha value is -6.87. The summed E-state index contributed by atoms with van der Waals surface area (Å²) in [5.74, 6) is 5.19. The van der Waals surface area contributed by atoms with Crippen molar-refractivity contribution in [3.05, 3.63) is 179 Å². The molecule has 3 aliphatic heterocycles. The van der Waals surface area contributed by atoms with Crippen molar-refractivity contribution in [2.24, 2.45) is 15.0 Å². The minimum atomic E-state index is -0.435. The van der Waals surface area contributed by atoms with E-state index in [1.54, 1.807) is 0 Å².